The number of aryl methyl sites for hydroxylation is 1. The summed E-state index contributed by atoms with van der Waals surface area (Å²) in [5.74, 6) is 0.696. The second-order valence-electron chi connectivity index (χ2n) is 5.51. The molecule has 0 bridgehead atoms. The van der Waals surface area contributed by atoms with Crippen LogP contribution in [0.3, 0.4) is 0 Å². The van der Waals surface area contributed by atoms with Gasteiger partial charge in [0.15, 0.2) is 6.10 Å². The summed E-state index contributed by atoms with van der Waals surface area (Å²) in [6.07, 6.45) is 2.40. The van der Waals surface area contributed by atoms with Crippen molar-refractivity contribution in [1.29, 1.82) is 0 Å². The minimum atomic E-state index is -1.17. The molecule has 0 radical (unpaired) electrons. The molecular formula is C16H19N3O2. The molecule has 1 aliphatic rings. The third-order valence-electron chi connectivity index (χ3n) is 4.04. The maximum atomic E-state index is 12.1. The molecule has 1 fully saturated rings. The van der Waals surface area contributed by atoms with Gasteiger partial charge in [0.2, 0.25) is 0 Å². The van der Waals surface area contributed by atoms with Crippen LogP contribution in [-0.4, -0.2) is 20.8 Å². The Hall–Kier alpha value is -2.14. The zero-order valence-corrected chi connectivity index (χ0v) is 12.0. The summed E-state index contributed by atoms with van der Waals surface area (Å²) in [7, 11) is 1.80. The highest BCUT2D eigenvalue weighted by molar-refractivity contribution is 5.94. The summed E-state index contributed by atoms with van der Waals surface area (Å²) in [4.78, 5) is 12.1. The summed E-state index contributed by atoms with van der Waals surface area (Å²) >= 11 is 0. The van der Waals surface area contributed by atoms with Crippen LogP contribution in [0.1, 0.15) is 42.5 Å². The Morgan fingerprint density at radius 2 is 2.10 bits per heavy atom. The lowest BCUT2D eigenvalue weighted by Crippen LogP contribution is -2.22. The van der Waals surface area contributed by atoms with Gasteiger partial charge >= 0.3 is 0 Å². The summed E-state index contributed by atoms with van der Waals surface area (Å²) < 4.78 is 1.66. The van der Waals surface area contributed by atoms with Crippen molar-refractivity contribution < 1.29 is 9.90 Å². The van der Waals surface area contributed by atoms with E-state index < -0.39 is 12.0 Å². The van der Waals surface area contributed by atoms with Crippen LogP contribution in [0.15, 0.2) is 36.4 Å². The van der Waals surface area contributed by atoms with Gasteiger partial charge in [-0.3, -0.25) is 9.48 Å². The van der Waals surface area contributed by atoms with Crippen molar-refractivity contribution in [3.8, 4) is 0 Å². The van der Waals surface area contributed by atoms with E-state index in [1.54, 1.807) is 36.0 Å². The summed E-state index contributed by atoms with van der Waals surface area (Å²) in [5, 5.41) is 17.3. The van der Waals surface area contributed by atoms with Crippen molar-refractivity contribution in [1.82, 2.24) is 9.78 Å². The highest BCUT2D eigenvalue weighted by atomic mass is 16.3. The number of amides is 1. The van der Waals surface area contributed by atoms with E-state index in [0.717, 1.165) is 18.5 Å². The van der Waals surface area contributed by atoms with E-state index in [1.165, 1.54) is 6.42 Å². The number of benzene rings is 1. The summed E-state index contributed by atoms with van der Waals surface area (Å²) in [6.45, 7) is 0. The van der Waals surface area contributed by atoms with Crippen molar-refractivity contribution in [2.45, 2.75) is 31.3 Å². The van der Waals surface area contributed by atoms with Crippen molar-refractivity contribution in [2.75, 3.05) is 5.32 Å². The van der Waals surface area contributed by atoms with E-state index in [1.807, 2.05) is 12.1 Å². The monoisotopic (exact) mass is 285 g/mol. The highest BCUT2D eigenvalue weighted by Crippen LogP contribution is 2.36. The second-order valence-corrected chi connectivity index (χ2v) is 5.51. The van der Waals surface area contributed by atoms with Gasteiger partial charge in [0.1, 0.15) is 5.82 Å². The molecule has 1 heterocycles. The molecule has 0 spiro atoms. The lowest BCUT2D eigenvalue weighted by Gasteiger charge is -2.22. The molecule has 1 saturated carbocycles. The first-order chi connectivity index (χ1) is 10.1. The Labute approximate surface area is 123 Å². The molecule has 2 aromatic rings. The highest BCUT2D eigenvalue weighted by Gasteiger charge is 2.24. The summed E-state index contributed by atoms with van der Waals surface area (Å²) in [5.41, 5.74) is 1.60. The standard InChI is InChI=1S/C16H19N3O2/c1-19-14(10-13(18-19)11-8-5-9-11)17-16(21)15(20)12-6-3-2-4-7-12/h2-4,6-7,10-11,15,20H,5,8-9H2,1H3,(H,17,21). The molecule has 1 aliphatic carbocycles. The number of rotatable bonds is 4. The van der Waals surface area contributed by atoms with Gasteiger partial charge in [0, 0.05) is 19.0 Å². The third-order valence-corrected chi connectivity index (χ3v) is 4.04. The molecule has 5 nitrogen and oxygen atoms in total. The number of carbonyl (C=O) groups is 1. The minimum Gasteiger partial charge on any atom is -0.378 e. The Balaban J connectivity index is 1.71. The molecule has 1 unspecified atom stereocenters. The first-order valence-electron chi connectivity index (χ1n) is 7.23. The zero-order chi connectivity index (χ0) is 14.8. The van der Waals surface area contributed by atoms with E-state index in [-0.39, 0.29) is 0 Å². The van der Waals surface area contributed by atoms with Crippen molar-refractivity contribution in [2.24, 2.45) is 7.05 Å². The average Bonchev–Trinajstić information content (AvgIpc) is 2.77. The average molecular weight is 285 g/mol. The van der Waals surface area contributed by atoms with E-state index in [9.17, 15) is 9.90 Å². The van der Waals surface area contributed by atoms with Crippen LogP contribution in [0.2, 0.25) is 0 Å². The van der Waals surface area contributed by atoms with Gasteiger partial charge in [-0.2, -0.15) is 5.10 Å². The van der Waals surface area contributed by atoms with E-state index in [4.69, 9.17) is 0 Å². The molecule has 1 aromatic carbocycles. The van der Waals surface area contributed by atoms with Gasteiger partial charge in [-0.25, -0.2) is 0 Å². The molecule has 3 rings (SSSR count). The molecule has 1 aromatic heterocycles. The van der Waals surface area contributed by atoms with E-state index >= 15 is 0 Å². The van der Waals surface area contributed by atoms with E-state index in [2.05, 4.69) is 10.4 Å². The van der Waals surface area contributed by atoms with Gasteiger partial charge in [0.25, 0.3) is 5.91 Å². The molecule has 5 heteroatoms. The number of carbonyl (C=O) groups excluding carboxylic acids is 1. The number of nitrogens with one attached hydrogen (secondary N) is 1. The molecule has 1 amide bonds. The van der Waals surface area contributed by atoms with Gasteiger partial charge in [-0.05, 0) is 18.4 Å². The number of aromatic nitrogens is 2. The Kier molecular flexibility index (Phi) is 3.75. The smallest absolute Gasteiger partial charge is 0.258 e. The van der Waals surface area contributed by atoms with Gasteiger partial charge < -0.3 is 10.4 Å². The van der Waals surface area contributed by atoms with Crippen molar-refractivity contribution >= 4 is 11.7 Å². The number of aliphatic hydroxyl groups excluding tert-OH is 1. The number of aliphatic hydroxyl groups is 1. The Bertz CT molecular complexity index is 632. The maximum Gasteiger partial charge on any atom is 0.258 e. The van der Waals surface area contributed by atoms with Crippen molar-refractivity contribution in [3.05, 3.63) is 47.7 Å². The lowest BCUT2D eigenvalue weighted by atomic mass is 9.83. The second kappa shape index (κ2) is 5.69. The van der Waals surface area contributed by atoms with Crippen molar-refractivity contribution in [3.63, 3.8) is 0 Å². The molecule has 1 atom stereocenters. The quantitative estimate of drug-likeness (QED) is 0.906. The molecule has 0 aliphatic heterocycles. The van der Waals surface area contributed by atoms with Crippen LogP contribution in [-0.2, 0) is 11.8 Å². The molecule has 21 heavy (non-hydrogen) atoms. The molecule has 2 N–H and O–H groups in total. The van der Waals surface area contributed by atoms with E-state index in [0.29, 0.717) is 17.3 Å². The maximum absolute atomic E-state index is 12.1. The lowest BCUT2D eigenvalue weighted by molar-refractivity contribution is -0.124. The fourth-order valence-electron chi connectivity index (χ4n) is 2.49. The Morgan fingerprint density at radius 1 is 1.38 bits per heavy atom. The number of hydrogen-bond donors (Lipinski definition) is 2. The molecular weight excluding hydrogens is 266 g/mol. The fraction of sp³-hybridized carbons (Fsp3) is 0.375. The largest absolute Gasteiger partial charge is 0.378 e. The van der Waals surface area contributed by atoms with Crippen LogP contribution in [0.25, 0.3) is 0 Å². The van der Waals surface area contributed by atoms with Gasteiger partial charge in [-0.15, -0.1) is 0 Å². The van der Waals surface area contributed by atoms with Gasteiger partial charge in [-0.1, -0.05) is 36.8 Å². The van der Waals surface area contributed by atoms with Gasteiger partial charge in [0.05, 0.1) is 5.69 Å². The number of nitrogens with zero attached hydrogens (tertiary/aromatic N) is 2. The third kappa shape index (κ3) is 2.83. The zero-order valence-electron chi connectivity index (χ0n) is 12.0. The summed E-state index contributed by atoms with van der Waals surface area (Å²) in [6, 6.07) is 10.8. The van der Waals surface area contributed by atoms with Crippen LogP contribution in [0, 0.1) is 0 Å². The van der Waals surface area contributed by atoms with Crippen LogP contribution < -0.4 is 5.32 Å². The molecule has 0 saturated heterocycles. The fourth-order valence-corrected chi connectivity index (χ4v) is 2.49. The minimum absolute atomic E-state index is 0.440. The number of anilines is 1. The normalized spacial score (nSPS) is 16.3. The van der Waals surface area contributed by atoms with Crippen LogP contribution in [0.4, 0.5) is 5.82 Å². The topological polar surface area (TPSA) is 67.2 Å². The predicted molar refractivity (Wildman–Crippen MR) is 79.8 cm³/mol. The molecule has 110 valence electrons. The first kappa shape index (κ1) is 13.8. The van der Waals surface area contributed by atoms with Crippen LogP contribution in [0.5, 0.6) is 0 Å². The first-order valence-corrected chi connectivity index (χ1v) is 7.23. The SMILES string of the molecule is Cn1nc(C2CCC2)cc1NC(=O)C(O)c1ccccc1. The van der Waals surface area contributed by atoms with Crippen LogP contribution >= 0.6 is 0 Å². The Morgan fingerprint density at radius 3 is 2.71 bits per heavy atom. The predicted octanol–water partition coefficient (Wildman–Crippen LogP) is 2.36. The number of hydrogen-bond acceptors (Lipinski definition) is 3.